The predicted molar refractivity (Wildman–Crippen MR) is 80.8 cm³/mol. The summed E-state index contributed by atoms with van der Waals surface area (Å²) >= 11 is 6.24. The highest BCUT2D eigenvalue weighted by Crippen LogP contribution is 2.33. The van der Waals surface area contributed by atoms with Crippen LogP contribution in [0.4, 0.5) is 11.8 Å². The van der Waals surface area contributed by atoms with Gasteiger partial charge < -0.3 is 9.80 Å². The fourth-order valence-electron chi connectivity index (χ4n) is 3.49. The first-order valence-corrected chi connectivity index (χ1v) is 7.51. The van der Waals surface area contributed by atoms with Crippen LogP contribution in [-0.4, -0.2) is 47.6 Å². The lowest BCUT2D eigenvalue weighted by molar-refractivity contribution is 0.102. The second kappa shape index (κ2) is 5.71. The van der Waals surface area contributed by atoms with Crippen molar-refractivity contribution >= 4 is 23.4 Å². The van der Waals surface area contributed by atoms with Crippen molar-refractivity contribution in [1.29, 1.82) is 0 Å². The van der Waals surface area contributed by atoms with Gasteiger partial charge in [-0.2, -0.15) is 4.98 Å². The molecule has 1 aromatic heterocycles. The van der Waals surface area contributed by atoms with Gasteiger partial charge in [-0.3, -0.25) is 5.43 Å². The fourth-order valence-corrected chi connectivity index (χ4v) is 3.70. The van der Waals surface area contributed by atoms with Crippen LogP contribution in [0.3, 0.4) is 0 Å². The minimum atomic E-state index is 0.410. The average molecular weight is 297 g/mol. The number of anilines is 2. The van der Waals surface area contributed by atoms with Crippen molar-refractivity contribution in [2.24, 2.45) is 11.8 Å². The molecule has 20 heavy (non-hydrogen) atoms. The van der Waals surface area contributed by atoms with Gasteiger partial charge in [0.15, 0.2) is 5.82 Å². The Morgan fingerprint density at radius 3 is 3.05 bits per heavy atom. The van der Waals surface area contributed by atoms with Gasteiger partial charge in [-0.15, -0.1) is 0 Å². The highest BCUT2D eigenvalue weighted by Gasteiger charge is 2.35. The summed E-state index contributed by atoms with van der Waals surface area (Å²) in [5, 5.41) is 0.589. The zero-order valence-corrected chi connectivity index (χ0v) is 12.5. The van der Waals surface area contributed by atoms with Crippen LogP contribution >= 0.6 is 11.6 Å². The number of nitrogens with zero attached hydrogens (tertiary/aromatic N) is 4. The molecule has 1 aromatic rings. The molecular formula is C13H21ClN6. The molecule has 3 N–H and O–H groups in total. The van der Waals surface area contributed by atoms with E-state index >= 15 is 0 Å². The molecule has 3 heterocycles. The summed E-state index contributed by atoms with van der Waals surface area (Å²) < 4.78 is 0. The van der Waals surface area contributed by atoms with Crippen LogP contribution in [0, 0.1) is 5.92 Å². The maximum absolute atomic E-state index is 6.24. The Morgan fingerprint density at radius 1 is 1.40 bits per heavy atom. The number of likely N-dealkylation sites (tertiary alicyclic amines) is 1. The molecule has 2 fully saturated rings. The highest BCUT2D eigenvalue weighted by atomic mass is 35.5. The van der Waals surface area contributed by atoms with E-state index < -0.39 is 0 Å². The number of nitrogen functional groups attached to an aromatic ring is 1. The van der Waals surface area contributed by atoms with Gasteiger partial charge in [-0.25, -0.2) is 10.8 Å². The van der Waals surface area contributed by atoms with Crippen molar-refractivity contribution in [3.05, 3.63) is 11.2 Å². The zero-order valence-electron chi connectivity index (χ0n) is 11.7. The molecule has 2 atom stereocenters. The van der Waals surface area contributed by atoms with E-state index in [2.05, 4.69) is 32.2 Å². The molecule has 3 rings (SSSR count). The normalized spacial score (nSPS) is 27.2. The number of rotatable bonds is 2. The van der Waals surface area contributed by atoms with Crippen LogP contribution in [0.5, 0.6) is 0 Å². The van der Waals surface area contributed by atoms with Crippen molar-refractivity contribution < 1.29 is 0 Å². The van der Waals surface area contributed by atoms with E-state index in [0.717, 1.165) is 25.3 Å². The van der Waals surface area contributed by atoms with E-state index in [4.69, 9.17) is 17.4 Å². The molecule has 0 radical (unpaired) electrons. The Balaban J connectivity index is 1.79. The molecule has 0 bridgehead atoms. The molecule has 0 aliphatic carbocycles. The van der Waals surface area contributed by atoms with Gasteiger partial charge >= 0.3 is 0 Å². The minimum Gasteiger partial charge on any atom is -0.355 e. The third-order valence-electron chi connectivity index (χ3n) is 4.50. The number of halogens is 1. The quantitative estimate of drug-likeness (QED) is 0.634. The maximum Gasteiger partial charge on any atom is 0.239 e. The first-order valence-electron chi connectivity index (χ1n) is 7.13. The molecule has 0 amide bonds. The van der Waals surface area contributed by atoms with E-state index in [0.29, 0.717) is 22.9 Å². The first-order chi connectivity index (χ1) is 9.69. The Bertz CT molecular complexity index is 482. The number of hydrazine groups is 1. The summed E-state index contributed by atoms with van der Waals surface area (Å²) in [5.74, 6) is 7.28. The van der Waals surface area contributed by atoms with Crippen molar-refractivity contribution in [3.8, 4) is 0 Å². The van der Waals surface area contributed by atoms with E-state index in [1.54, 1.807) is 6.20 Å². The second-order valence-corrected chi connectivity index (χ2v) is 6.10. The maximum atomic E-state index is 6.24. The van der Waals surface area contributed by atoms with Gasteiger partial charge in [0.2, 0.25) is 5.95 Å². The molecule has 2 unspecified atom stereocenters. The van der Waals surface area contributed by atoms with E-state index in [1.807, 2.05) is 0 Å². The van der Waals surface area contributed by atoms with Crippen LogP contribution in [0.25, 0.3) is 0 Å². The summed E-state index contributed by atoms with van der Waals surface area (Å²) in [6, 6.07) is 0.702. The molecule has 7 heteroatoms. The lowest BCUT2D eigenvalue weighted by Gasteiger charge is -2.46. The average Bonchev–Trinajstić information content (AvgIpc) is 2.48. The largest absolute Gasteiger partial charge is 0.355 e. The van der Waals surface area contributed by atoms with Crippen LogP contribution in [0.2, 0.25) is 5.02 Å². The zero-order chi connectivity index (χ0) is 14.1. The molecule has 2 aliphatic heterocycles. The first kappa shape index (κ1) is 13.9. The molecule has 110 valence electrons. The van der Waals surface area contributed by atoms with Gasteiger partial charge in [0.25, 0.3) is 0 Å². The van der Waals surface area contributed by atoms with Gasteiger partial charge in [0, 0.05) is 19.1 Å². The Hall–Kier alpha value is -1.11. The van der Waals surface area contributed by atoms with Crippen molar-refractivity contribution in [2.45, 2.75) is 25.3 Å². The monoisotopic (exact) mass is 296 g/mol. The summed E-state index contributed by atoms with van der Waals surface area (Å²) in [6.07, 6.45) is 5.33. The second-order valence-electron chi connectivity index (χ2n) is 5.69. The topological polar surface area (TPSA) is 70.3 Å². The van der Waals surface area contributed by atoms with Crippen LogP contribution in [0.15, 0.2) is 6.20 Å². The third kappa shape index (κ3) is 2.55. The summed E-state index contributed by atoms with van der Waals surface area (Å²) in [4.78, 5) is 13.2. The lowest BCUT2D eigenvalue weighted by Crippen LogP contribution is -2.53. The molecular weight excluding hydrogens is 276 g/mol. The van der Waals surface area contributed by atoms with E-state index in [-0.39, 0.29) is 0 Å². The number of hydrogen-bond donors (Lipinski definition) is 2. The third-order valence-corrected chi connectivity index (χ3v) is 4.77. The van der Waals surface area contributed by atoms with Gasteiger partial charge in [-0.1, -0.05) is 11.6 Å². The number of piperidine rings is 2. The summed E-state index contributed by atoms with van der Waals surface area (Å²) in [5.41, 5.74) is 2.48. The standard InChI is InChI=1S/C13H21ClN6/c1-19-5-2-3-9-8-20(6-4-11(9)19)12-10(14)7-16-13(17-12)18-15/h7,9,11H,2-6,8,15H2,1H3,(H,16,17,18). The van der Waals surface area contributed by atoms with Gasteiger partial charge in [-0.05, 0) is 38.8 Å². The van der Waals surface area contributed by atoms with Crippen LogP contribution in [0.1, 0.15) is 19.3 Å². The van der Waals surface area contributed by atoms with Crippen LogP contribution < -0.4 is 16.2 Å². The summed E-state index contributed by atoms with van der Waals surface area (Å²) in [7, 11) is 2.24. The Morgan fingerprint density at radius 2 is 2.25 bits per heavy atom. The highest BCUT2D eigenvalue weighted by molar-refractivity contribution is 6.32. The Kier molecular flexibility index (Phi) is 3.96. The fraction of sp³-hybridized carbons (Fsp3) is 0.692. The predicted octanol–water partition coefficient (Wildman–Crippen LogP) is 1.34. The molecule has 2 aliphatic rings. The molecule has 0 spiro atoms. The number of fused-ring (bicyclic) bond motifs is 1. The van der Waals surface area contributed by atoms with Crippen LogP contribution in [-0.2, 0) is 0 Å². The van der Waals surface area contributed by atoms with Crippen molar-refractivity contribution in [3.63, 3.8) is 0 Å². The smallest absolute Gasteiger partial charge is 0.239 e. The summed E-state index contributed by atoms with van der Waals surface area (Å²) in [6.45, 7) is 3.21. The Labute approximate surface area is 124 Å². The number of nitrogens with one attached hydrogen (secondary N) is 1. The van der Waals surface area contributed by atoms with Crippen molar-refractivity contribution in [2.75, 3.05) is 37.0 Å². The lowest BCUT2D eigenvalue weighted by atomic mass is 9.84. The number of hydrogen-bond acceptors (Lipinski definition) is 6. The van der Waals surface area contributed by atoms with E-state index in [9.17, 15) is 0 Å². The number of nitrogens with two attached hydrogens (primary N) is 1. The van der Waals surface area contributed by atoms with Gasteiger partial charge in [0.05, 0.1) is 6.20 Å². The molecule has 2 saturated heterocycles. The van der Waals surface area contributed by atoms with Crippen molar-refractivity contribution in [1.82, 2.24) is 14.9 Å². The molecule has 0 saturated carbocycles. The van der Waals surface area contributed by atoms with E-state index in [1.165, 1.54) is 19.4 Å². The van der Waals surface area contributed by atoms with Gasteiger partial charge in [0.1, 0.15) is 5.02 Å². The minimum absolute atomic E-state index is 0.410. The molecule has 6 nitrogen and oxygen atoms in total. The molecule has 0 aromatic carbocycles. The SMILES string of the molecule is CN1CCCC2CN(c3nc(NN)ncc3Cl)CCC21. The number of aromatic nitrogens is 2.